The number of nitrogens with one attached hydrogen (secondary N) is 1. The molecule has 4 rings (SSSR count). The molecule has 9 heteroatoms. The van der Waals surface area contributed by atoms with E-state index in [4.69, 9.17) is 11.6 Å². The average Bonchev–Trinajstić information content (AvgIpc) is 3.18. The van der Waals surface area contributed by atoms with Crippen molar-refractivity contribution in [3.8, 4) is 10.4 Å². The Morgan fingerprint density at radius 3 is 2.70 bits per heavy atom. The molecule has 6 nitrogen and oxygen atoms in total. The number of aromatic nitrogens is 3. The second-order valence-corrected chi connectivity index (χ2v) is 9.34. The van der Waals surface area contributed by atoms with Gasteiger partial charge in [0, 0.05) is 18.1 Å². The van der Waals surface area contributed by atoms with E-state index in [1.165, 1.54) is 33.9 Å². The zero-order valence-electron chi connectivity index (χ0n) is 16.1. The first-order valence-corrected chi connectivity index (χ1v) is 11.1. The lowest BCUT2D eigenvalue weighted by atomic mass is 10.2. The quantitative estimate of drug-likeness (QED) is 0.344. The molecule has 0 saturated heterocycles. The Morgan fingerprint density at radius 1 is 1.23 bits per heavy atom. The van der Waals surface area contributed by atoms with Crippen molar-refractivity contribution in [2.75, 3.05) is 5.32 Å². The van der Waals surface area contributed by atoms with Crippen LogP contribution in [0.15, 0.2) is 64.7 Å². The Bertz CT molecular complexity index is 1270. The second kappa shape index (κ2) is 8.59. The van der Waals surface area contributed by atoms with E-state index in [1.54, 1.807) is 26.1 Å². The number of fused-ring (bicyclic) bond motifs is 1. The molecule has 30 heavy (non-hydrogen) atoms. The van der Waals surface area contributed by atoms with Crippen molar-refractivity contribution in [2.24, 2.45) is 7.05 Å². The van der Waals surface area contributed by atoms with Crippen molar-refractivity contribution in [1.82, 2.24) is 14.5 Å². The second-order valence-electron chi connectivity index (χ2n) is 6.57. The molecule has 1 aromatic carbocycles. The molecule has 0 saturated carbocycles. The van der Waals surface area contributed by atoms with Crippen LogP contribution in [0.1, 0.15) is 6.92 Å². The Kier molecular flexibility index (Phi) is 5.90. The van der Waals surface area contributed by atoms with Crippen molar-refractivity contribution in [3.63, 3.8) is 0 Å². The zero-order valence-corrected chi connectivity index (χ0v) is 18.5. The topological polar surface area (TPSA) is 76.9 Å². The normalized spacial score (nSPS) is 12.1. The highest BCUT2D eigenvalue weighted by atomic mass is 35.5. The molecule has 3 aromatic heterocycles. The highest BCUT2D eigenvalue weighted by molar-refractivity contribution is 8.00. The number of benzene rings is 1. The van der Waals surface area contributed by atoms with Crippen molar-refractivity contribution < 1.29 is 4.79 Å². The van der Waals surface area contributed by atoms with E-state index in [2.05, 4.69) is 15.3 Å². The van der Waals surface area contributed by atoms with Gasteiger partial charge in [-0.2, -0.15) is 0 Å². The molecule has 1 N–H and O–H groups in total. The highest BCUT2D eigenvalue weighted by Gasteiger charge is 2.20. The maximum absolute atomic E-state index is 12.9. The summed E-state index contributed by atoms with van der Waals surface area (Å²) in [7, 11) is 1.67. The maximum atomic E-state index is 12.9. The lowest BCUT2D eigenvalue weighted by Crippen LogP contribution is -2.25. The van der Waals surface area contributed by atoms with E-state index in [0.717, 1.165) is 10.4 Å². The summed E-state index contributed by atoms with van der Waals surface area (Å²) in [5, 5.41) is 3.82. The Labute approximate surface area is 185 Å². The van der Waals surface area contributed by atoms with E-state index >= 15 is 0 Å². The summed E-state index contributed by atoms with van der Waals surface area (Å²) in [4.78, 5) is 35.8. The lowest BCUT2D eigenvalue weighted by molar-refractivity contribution is -0.115. The molecule has 1 atom stereocenters. The minimum atomic E-state index is -0.480. The molecule has 1 amide bonds. The molecule has 0 spiro atoms. The molecule has 0 fully saturated rings. The van der Waals surface area contributed by atoms with Crippen molar-refractivity contribution >= 4 is 56.6 Å². The van der Waals surface area contributed by atoms with E-state index in [9.17, 15) is 9.59 Å². The number of hydrogen-bond acceptors (Lipinski definition) is 6. The SMILES string of the molecule is CC(Sc1nc2sc(-c3ccccc3)cc2c(=O)n1C)C(=O)Nc1ccc(Cl)cn1. The minimum absolute atomic E-state index is 0.132. The Hall–Kier alpha value is -2.68. The van der Waals surface area contributed by atoms with Crippen LogP contribution >= 0.6 is 34.7 Å². The number of halogens is 1. The van der Waals surface area contributed by atoms with E-state index in [1.807, 2.05) is 36.4 Å². The van der Waals surface area contributed by atoms with Gasteiger partial charge in [-0.1, -0.05) is 53.7 Å². The fourth-order valence-electron chi connectivity index (χ4n) is 2.79. The first kappa shape index (κ1) is 20.6. The lowest BCUT2D eigenvalue weighted by Gasteiger charge is -2.13. The van der Waals surface area contributed by atoms with Crippen molar-refractivity contribution in [1.29, 1.82) is 0 Å². The van der Waals surface area contributed by atoms with Gasteiger partial charge in [0.25, 0.3) is 5.56 Å². The van der Waals surface area contributed by atoms with Crippen LogP contribution in [0.5, 0.6) is 0 Å². The molecular weight excluding hydrogens is 440 g/mol. The number of rotatable bonds is 5. The van der Waals surface area contributed by atoms with Gasteiger partial charge >= 0.3 is 0 Å². The van der Waals surface area contributed by atoms with Crippen LogP contribution in [-0.4, -0.2) is 25.7 Å². The molecule has 0 aliphatic carbocycles. The van der Waals surface area contributed by atoms with Gasteiger partial charge in [-0.05, 0) is 30.7 Å². The van der Waals surface area contributed by atoms with Gasteiger partial charge in [0.15, 0.2) is 5.16 Å². The van der Waals surface area contributed by atoms with Crippen LogP contribution in [0, 0.1) is 0 Å². The van der Waals surface area contributed by atoms with Gasteiger partial charge in [0.05, 0.1) is 15.7 Å². The number of anilines is 1. The third kappa shape index (κ3) is 4.26. The number of carbonyl (C=O) groups excluding carboxylic acids is 1. The summed E-state index contributed by atoms with van der Waals surface area (Å²) in [5.74, 6) is 0.181. The maximum Gasteiger partial charge on any atom is 0.262 e. The monoisotopic (exact) mass is 456 g/mol. The first-order chi connectivity index (χ1) is 14.4. The summed E-state index contributed by atoms with van der Waals surface area (Å²) in [6, 6.07) is 15.0. The largest absolute Gasteiger partial charge is 0.310 e. The molecular formula is C21H17ClN4O2S2. The number of thioether (sulfide) groups is 1. The number of thiophene rings is 1. The van der Waals surface area contributed by atoms with Crippen LogP contribution in [0.2, 0.25) is 5.02 Å². The van der Waals surface area contributed by atoms with Gasteiger partial charge in [0.2, 0.25) is 5.91 Å². The number of amides is 1. The predicted molar refractivity (Wildman–Crippen MR) is 123 cm³/mol. The molecule has 0 aliphatic heterocycles. The van der Waals surface area contributed by atoms with Crippen LogP contribution in [-0.2, 0) is 11.8 Å². The van der Waals surface area contributed by atoms with Crippen molar-refractivity contribution in [3.05, 3.63) is 70.1 Å². The number of nitrogens with zero attached hydrogens (tertiary/aromatic N) is 3. The summed E-state index contributed by atoms with van der Waals surface area (Å²) in [6.45, 7) is 1.76. The molecule has 1 unspecified atom stereocenters. The number of carbonyl (C=O) groups is 1. The summed E-state index contributed by atoms with van der Waals surface area (Å²) < 4.78 is 1.48. The average molecular weight is 457 g/mol. The third-order valence-corrected chi connectivity index (χ3v) is 6.87. The smallest absolute Gasteiger partial charge is 0.262 e. The molecule has 0 aliphatic rings. The highest BCUT2D eigenvalue weighted by Crippen LogP contribution is 2.32. The van der Waals surface area contributed by atoms with Crippen LogP contribution in [0.4, 0.5) is 5.82 Å². The third-order valence-electron chi connectivity index (χ3n) is 4.42. The van der Waals surface area contributed by atoms with Gasteiger partial charge in [0.1, 0.15) is 10.6 Å². The fraction of sp³-hybridized carbons (Fsp3) is 0.143. The predicted octanol–water partition coefficient (Wildman–Crippen LogP) is 4.83. The number of pyridine rings is 1. The molecule has 0 bridgehead atoms. The molecule has 4 aromatic rings. The van der Waals surface area contributed by atoms with Gasteiger partial charge in [-0.3, -0.25) is 14.2 Å². The molecule has 152 valence electrons. The van der Waals surface area contributed by atoms with E-state index in [-0.39, 0.29) is 11.5 Å². The van der Waals surface area contributed by atoms with Crippen LogP contribution in [0.25, 0.3) is 20.7 Å². The van der Waals surface area contributed by atoms with Gasteiger partial charge < -0.3 is 5.32 Å². The van der Waals surface area contributed by atoms with E-state index < -0.39 is 5.25 Å². The standard InChI is InChI=1S/C21H17ClN4O2S2/c1-12(18(27)24-17-9-8-14(22)11-23-17)29-21-25-19-15(20(28)26(21)2)10-16(30-19)13-6-4-3-5-7-13/h3-12H,1-2H3,(H,23,24,27). The minimum Gasteiger partial charge on any atom is -0.310 e. The van der Waals surface area contributed by atoms with Gasteiger partial charge in [-0.25, -0.2) is 9.97 Å². The van der Waals surface area contributed by atoms with Crippen LogP contribution < -0.4 is 10.9 Å². The summed E-state index contributed by atoms with van der Waals surface area (Å²) >= 11 is 8.51. The fourth-order valence-corrected chi connectivity index (χ4v) is 4.85. The summed E-state index contributed by atoms with van der Waals surface area (Å²) in [5.41, 5.74) is 0.910. The van der Waals surface area contributed by atoms with E-state index in [0.29, 0.717) is 26.2 Å². The number of hydrogen-bond donors (Lipinski definition) is 1. The van der Waals surface area contributed by atoms with Crippen molar-refractivity contribution in [2.45, 2.75) is 17.3 Å². The van der Waals surface area contributed by atoms with Crippen LogP contribution in [0.3, 0.4) is 0 Å². The first-order valence-electron chi connectivity index (χ1n) is 9.07. The Morgan fingerprint density at radius 2 is 2.00 bits per heavy atom. The molecule has 3 heterocycles. The van der Waals surface area contributed by atoms with Gasteiger partial charge in [-0.15, -0.1) is 11.3 Å². The zero-order chi connectivity index (χ0) is 21.3. The summed E-state index contributed by atoms with van der Waals surface area (Å²) in [6.07, 6.45) is 1.47. The molecule has 0 radical (unpaired) electrons. The Balaban J connectivity index is 1.59.